The molecule has 208 valence electrons. The van der Waals surface area contributed by atoms with E-state index < -0.39 is 38.6 Å². The van der Waals surface area contributed by atoms with Gasteiger partial charge >= 0.3 is 12.3 Å². The summed E-state index contributed by atoms with van der Waals surface area (Å²) in [5.41, 5.74) is 0. The highest BCUT2D eigenvalue weighted by Gasteiger charge is 2.54. The smallest absolute Gasteiger partial charge is 0.457 e. The Bertz CT molecular complexity index is 1210. The van der Waals surface area contributed by atoms with Gasteiger partial charge in [-0.2, -0.15) is 5.06 Å². The van der Waals surface area contributed by atoms with Gasteiger partial charge in [0.05, 0.1) is 18.0 Å². The van der Waals surface area contributed by atoms with Gasteiger partial charge in [0.2, 0.25) is 0 Å². The van der Waals surface area contributed by atoms with E-state index in [0.717, 1.165) is 24.1 Å². The molecular weight excluding hydrogens is 533 g/mol. The Morgan fingerprint density at radius 3 is 2.00 bits per heavy atom. The van der Waals surface area contributed by atoms with Crippen LogP contribution < -0.4 is 14.8 Å². The first-order valence-electron chi connectivity index (χ1n) is 11.5. The standard InChI is InChI=1S/C24H27F3N2O8S/c1-17(30)37-29(15-16-34-2)22(31)23(11-13-28-14-12-23)38(32,33)21-9-7-19(8-10-21)35-18-3-5-20(6-4-18)36-24(25,26)27/h3-10,28H,11-16H2,1-2H3. The van der Waals surface area contributed by atoms with Crippen LogP contribution in [-0.4, -0.2) is 69.8 Å². The Hall–Kier alpha value is -3.36. The summed E-state index contributed by atoms with van der Waals surface area (Å²) < 4.78 is 77.2. The molecule has 0 atom stereocenters. The first-order chi connectivity index (χ1) is 17.9. The minimum Gasteiger partial charge on any atom is -0.457 e. The average Bonchev–Trinajstić information content (AvgIpc) is 2.87. The second-order valence-corrected chi connectivity index (χ2v) is 10.6. The number of amides is 1. The van der Waals surface area contributed by atoms with Crippen LogP contribution in [0, 0.1) is 0 Å². The second kappa shape index (κ2) is 12.0. The number of piperidine rings is 1. The number of methoxy groups -OCH3 is 1. The summed E-state index contributed by atoms with van der Waals surface area (Å²) in [6, 6.07) is 9.94. The topological polar surface area (TPSA) is 120 Å². The molecule has 1 N–H and O–H groups in total. The number of carbonyl (C=O) groups is 2. The fourth-order valence-electron chi connectivity index (χ4n) is 3.93. The lowest BCUT2D eigenvalue weighted by atomic mass is 9.95. The Balaban J connectivity index is 1.85. The Kier molecular flexibility index (Phi) is 9.22. The molecule has 0 aromatic heterocycles. The third-order valence-electron chi connectivity index (χ3n) is 5.71. The van der Waals surface area contributed by atoms with E-state index in [2.05, 4.69) is 10.1 Å². The van der Waals surface area contributed by atoms with Gasteiger partial charge in [-0.1, -0.05) is 0 Å². The molecule has 0 saturated carbocycles. The van der Waals surface area contributed by atoms with Crippen molar-refractivity contribution >= 4 is 21.7 Å². The van der Waals surface area contributed by atoms with Crippen LogP contribution in [0.3, 0.4) is 0 Å². The number of nitrogens with zero attached hydrogens (tertiary/aromatic N) is 1. The van der Waals surface area contributed by atoms with Crippen LogP contribution >= 0.6 is 0 Å². The number of halogens is 3. The maximum atomic E-state index is 13.8. The summed E-state index contributed by atoms with van der Waals surface area (Å²) >= 11 is 0. The zero-order valence-corrected chi connectivity index (χ0v) is 21.4. The zero-order valence-electron chi connectivity index (χ0n) is 20.6. The van der Waals surface area contributed by atoms with Crippen molar-refractivity contribution in [2.45, 2.75) is 35.8 Å². The lowest BCUT2D eigenvalue weighted by Gasteiger charge is -2.38. The van der Waals surface area contributed by atoms with E-state index in [-0.39, 0.29) is 55.5 Å². The number of ether oxygens (including phenoxy) is 3. The molecule has 10 nitrogen and oxygen atoms in total. The van der Waals surface area contributed by atoms with E-state index in [1.807, 2.05) is 0 Å². The summed E-state index contributed by atoms with van der Waals surface area (Å²) in [7, 11) is -2.89. The van der Waals surface area contributed by atoms with E-state index in [0.29, 0.717) is 0 Å². The maximum absolute atomic E-state index is 13.8. The van der Waals surface area contributed by atoms with Crippen molar-refractivity contribution in [3.05, 3.63) is 48.5 Å². The maximum Gasteiger partial charge on any atom is 0.573 e. The minimum atomic E-state index is -4.82. The molecular formula is C24H27F3N2O8S. The number of sulfone groups is 1. The Labute approximate surface area is 217 Å². The molecule has 1 aliphatic rings. The van der Waals surface area contributed by atoms with Crippen LogP contribution in [0.1, 0.15) is 19.8 Å². The van der Waals surface area contributed by atoms with E-state index in [4.69, 9.17) is 14.3 Å². The number of nitrogens with one attached hydrogen (secondary N) is 1. The molecule has 1 heterocycles. The molecule has 0 radical (unpaired) electrons. The first kappa shape index (κ1) is 29.2. The SMILES string of the molecule is COCCN(OC(C)=O)C(=O)C1(S(=O)(=O)c2ccc(Oc3ccc(OC(F)(F)F)cc3)cc2)CCNCC1. The molecule has 1 aliphatic heterocycles. The molecule has 1 saturated heterocycles. The van der Waals surface area contributed by atoms with Crippen molar-refractivity contribution in [2.75, 3.05) is 33.4 Å². The van der Waals surface area contributed by atoms with Gasteiger partial charge in [0.1, 0.15) is 17.2 Å². The van der Waals surface area contributed by atoms with Gasteiger partial charge in [-0.15, -0.1) is 13.2 Å². The van der Waals surface area contributed by atoms with Crippen molar-refractivity contribution < 1.29 is 50.2 Å². The molecule has 2 aromatic carbocycles. The largest absolute Gasteiger partial charge is 0.573 e. The predicted octanol–water partition coefficient (Wildman–Crippen LogP) is 3.23. The highest BCUT2D eigenvalue weighted by Crippen LogP contribution is 2.37. The fraction of sp³-hybridized carbons (Fsp3) is 0.417. The fourth-order valence-corrected chi connectivity index (χ4v) is 5.95. The van der Waals surface area contributed by atoms with Crippen LogP contribution in [-0.2, 0) is 29.0 Å². The molecule has 0 aliphatic carbocycles. The number of rotatable bonds is 9. The molecule has 3 rings (SSSR count). The quantitative estimate of drug-likeness (QED) is 0.461. The predicted molar refractivity (Wildman–Crippen MR) is 127 cm³/mol. The number of benzene rings is 2. The molecule has 0 spiro atoms. The van der Waals surface area contributed by atoms with Crippen molar-refractivity contribution in [3.8, 4) is 17.2 Å². The molecule has 0 unspecified atom stereocenters. The van der Waals surface area contributed by atoms with Crippen LogP contribution in [0.25, 0.3) is 0 Å². The second-order valence-electron chi connectivity index (χ2n) is 8.32. The molecule has 0 bridgehead atoms. The number of hydrogen-bond acceptors (Lipinski definition) is 9. The summed E-state index contributed by atoms with van der Waals surface area (Å²) in [6.45, 7) is 1.46. The van der Waals surface area contributed by atoms with Gasteiger partial charge in [0, 0.05) is 14.0 Å². The van der Waals surface area contributed by atoms with Gasteiger partial charge < -0.3 is 24.4 Å². The summed E-state index contributed by atoms with van der Waals surface area (Å²) in [4.78, 5) is 30.1. The van der Waals surface area contributed by atoms with Crippen molar-refractivity contribution in [1.29, 1.82) is 0 Å². The molecule has 1 amide bonds. The van der Waals surface area contributed by atoms with Gasteiger partial charge in [0.15, 0.2) is 14.6 Å². The third kappa shape index (κ3) is 6.94. The number of hydrogen-bond donors (Lipinski definition) is 1. The van der Waals surface area contributed by atoms with Crippen LogP contribution in [0.2, 0.25) is 0 Å². The summed E-state index contributed by atoms with van der Waals surface area (Å²) in [6.07, 6.45) is -4.93. The monoisotopic (exact) mass is 560 g/mol. The average molecular weight is 561 g/mol. The van der Waals surface area contributed by atoms with Crippen molar-refractivity contribution in [2.24, 2.45) is 0 Å². The molecule has 1 fully saturated rings. The van der Waals surface area contributed by atoms with Crippen LogP contribution in [0.4, 0.5) is 13.2 Å². The van der Waals surface area contributed by atoms with Gasteiger partial charge in [-0.3, -0.25) is 9.59 Å². The molecule has 14 heteroatoms. The van der Waals surface area contributed by atoms with Gasteiger partial charge in [0.25, 0.3) is 5.91 Å². The third-order valence-corrected chi connectivity index (χ3v) is 8.21. The van der Waals surface area contributed by atoms with Crippen molar-refractivity contribution in [3.63, 3.8) is 0 Å². The normalized spacial score (nSPS) is 15.4. The lowest BCUT2D eigenvalue weighted by molar-refractivity contribution is -0.274. The Morgan fingerprint density at radius 1 is 0.974 bits per heavy atom. The zero-order chi connectivity index (χ0) is 28.0. The van der Waals surface area contributed by atoms with E-state index in [1.165, 1.54) is 43.5 Å². The highest BCUT2D eigenvalue weighted by molar-refractivity contribution is 7.93. The number of hydroxylamine groups is 2. The molecule has 2 aromatic rings. The van der Waals surface area contributed by atoms with E-state index in [1.54, 1.807) is 0 Å². The summed E-state index contributed by atoms with van der Waals surface area (Å²) in [5.74, 6) is -1.67. The number of carbonyl (C=O) groups excluding carboxylic acids is 2. The lowest BCUT2D eigenvalue weighted by Crippen LogP contribution is -2.59. The Morgan fingerprint density at radius 2 is 1.50 bits per heavy atom. The van der Waals surface area contributed by atoms with Crippen LogP contribution in [0.5, 0.6) is 17.2 Å². The highest BCUT2D eigenvalue weighted by atomic mass is 32.2. The minimum absolute atomic E-state index is 0.0166. The van der Waals surface area contributed by atoms with E-state index >= 15 is 0 Å². The summed E-state index contributed by atoms with van der Waals surface area (Å²) in [5, 5.41) is 3.77. The van der Waals surface area contributed by atoms with Gasteiger partial charge in [-0.05, 0) is 74.5 Å². The van der Waals surface area contributed by atoms with Crippen molar-refractivity contribution in [1.82, 2.24) is 10.4 Å². The van der Waals surface area contributed by atoms with Crippen LogP contribution in [0.15, 0.2) is 53.4 Å². The van der Waals surface area contributed by atoms with Gasteiger partial charge in [-0.25, -0.2) is 8.42 Å². The van der Waals surface area contributed by atoms with E-state index in [9.17, 15) is 31.2 Å². The molecule has 38 heavy (non-hydrogen) atoms. The number of alkyl halides is 3. The first-order valence-corrected chi connectivity index (χ1v) is 12.9.